The molecule has 0 saturated carbocycles. The molecule has 0 aromatic carbocycles. The van der Waals surface area contributed by atoms with Crippen LogP contribution in [-0.2, 0) is 6.54 Å². The Morgan fingerprint density at radius 2 is 2.22 bits per heavy atom. The Morgan fingerprint density at radius 3 is 2.72 bits per heavy atom. The third kappa shape index (κ3) is 6.94. The molecule has 0 saturated heterocycles. The number of halogens is 2. The lowest BCUT2D eigenvalue weighted by Crippen LogP contribution is -2.41. The summed E-state index contributed by atoms with van der Waals surface area (Å²) in [5, 5.41) is 8.72. The lowest BCUT2D eigenvalue weighted by molar-refractivity contribution is 0.624. The van der Waals surface area contributed by atoms with E-state index in [0.717, 1.165) is 29.9 Å². The van der Waals surface area contributed by atoms with Gasteiger partial charge in [-0.3, -0.25) is 0 Å². The number of hydrogen-bond donors (Lipinski definition) is 2. The van der Waals surface area contributed by atoms with Gasteiger partial charge in [0.25, 0.3) is 0 Å². The van der Waals surface area contributed by atoms with Crippen LogP contribution in [0.3, 0.4) is 0 Å². The van der Waals surface area contributed by atoms with E-state index in [9.17, 15) is 0 Å². The second kappa shape index (κ2) is 10.0. The van der Waals surface area contributed by atoms with Crippen molar-refractivity contribution in [1.29, 1.82) is 0 Å². The van der Waals surface area contributed by atoms with E-state index in [0.29, 0.717) is 6.04 Å². The van der Waals surface area contributed by atoms with Gasteiger partial charge in [0.15, 0.2) is 5.96 Å². The molecule has 0 aliphatic rings. The molecule has 0 aliphatic heterocycles. The summed E-state index contributed by atoms with van der Waals surface area (Å²) in [4.78, 5) is 5.83. The van der Waals surface area contributed by atoms with Crippen molar-refractivity contribution in [3.8, 4) is 0 Å². The number of nitrogens with one attached hydrogen (secondary N) is 2. The highest BCUT2D eigenvalue weighted by atomic mass is 127. The fourth-order valence-electron chi connectivity index (χ4n) is 1.25. The average Bonchev–Trinajstić information content (AvgIpc) is 2.72. The standard InChI is InChI=1S/C12H20BrN3S.HI/c1-4-9(3)16-12(14-5-2)15-7-11-6-10(13)8-17-11;/h6,8-9H,4-5,7H2,1-3H3,(H2,14,15,16);1H. The van der Waals surface area contributed by atoms with E-state index in [1.165, 1.54) is 4.88 Å². The lowest BCUT2D eigenvalue weighted by atomic mass is 10.3. The number of hydrogen-bond acceptors (Lipinski definition) is 2. The lowest BCUT2D eigenvalue weighted by Gasteiger charge is -2.15. The molecule has 0 spiro atoms. The van der Waals surface area contributed by atoms with Crippen LogP contribution in [0.15, 0.2) is 20.9 Å². The van der Waals surface area contributed by atoms with Crippen LogP contribution in [0.1, 0.15) is 32.1 Å². The molecule has 104 valence electrons. The molecule has 0 fully saturated rings. The Bertz CT molecular complexity index is 368. The molecule has 0 radical (unpaired) electrons. The first-order chi connectivity index (χ1) is 8.15. The number of guanidine groups is 1. The van der Waals surface area contributed by atoms with Gasteiger partial charge >= 0.3 is 0 Å². The number of nitrogens with zero attached hydrogens (tertiary/aromatic N) is 1. The van der Waals surface area contributed by atoms with Crippen LogP contribution < -0.4 is 10.6 Å². The summed E-state index contributed by atoms with van der Waals surface area (Å²) in [5.74, 6) is 0.895. The Kier molecular flexibility index (Phi) is 10.1. The Morgan fingerprint density at radius 1 is 1.50 bits per heavy atom. The van der Waals surface area contributed by atoms with Crippen LogP contribution in [0.5, 0.6) is 0 Å². The summed E-state index contributed by atoms with van der Waals surface area (Å²) < 4.78 is 1.13. The van der Waals surface area contributed by atoms with Gasteiger partial charge in [0.05, 0.1) is 6.54 Å². The van der Waals surface area contributed by atoms with Crippen molar-refractivity contribution >= 4 is 57.2 Å². The van der Waals surface area contributed by atoms with E-state index < -0.39 is 0 Å². The van der Waals surface area contributed by atoms with Crippen LogP contribution in [-0.4, -0.2) is 18.5 Å². The topological polar surface area (TPSA) is 36.4 Å². The third-order valence-electron chi connectivity index (χ3n) is 2.35. The largest absolute Gasteiger partial charge is 0.357 e. The quantitative estimate of drug-likeness (QED) is 0.408. The van der Waals surface area contributed by atoms with Crippen molar-refractivity contribution in [3.63, 3.8) is 0 Å². The molecular formula is C12H21BrIN3S. The molecule has 18 heavy (non-hydrogen) atoms. The van der Waals surface area contributed by atoms with Gasteiger partial charge in [0.1, 0.15) is 0 Å². The summed E-state index contributed by atoms with van der Waals surface area (Å²) in [6.45, 7) is 8.01. The minimum absolute atomic E-state index is 0. The second-order valence-electron chi connectivity index (χ2n) is 3.88. The minimum atomic E-state index is 0. The molecule has 0 aliphatic carbocycles. The predicted octanol–water partition coefficient (Wildman–Crippen LogP) is 3.98. The van der Waals surface area contributed by atoms with Gasteiger partial charge in [-0.1, -0.05) is 6.92 Å². The van der Waals surface area contributed by atoms with Crippen molar-refractivity contribution in [2.24, 2.45) is 4.99 Å². The molecule has 1 heterocycles. The van der Waals surface area contributed by atoms with E-state index in [1.54, 1.807) is 11.3 Å². The normalized spacial score (nSPS) is 12.8. The molecule has 1 unspecified atom stereocenters. The minimum Gasteiger partial charge on any atom is -0.357 e. The van der Waals surface area contributed by atoms with E-state index in [4.69, 9.17) is 0 Å². The molecule has 1 rings (SSSR count). The summed E-state index contributed by atoms with van der Waals surface area (Å²) >= 11 is 5.18. The van der Waals surface area contributed by atoms with Gasteiger partial charge in [-0.05, 0) is 42.3 Å². The molecule has 3 nitrogen and oxygen atoms in total. The summed E-state index contributed by atoms with van der Waals surface area (Å²) in [7, 11) is 0. The molecular weight excluding hydrogens is 425 g/mol. The molecule has 6 heteroatoms. The van der Waals surface area contributed by atoms with Crippen molar-refractivity contribution < 1.29 is 0 Å². The monoisotopic (exact) mass is 445 g/mol. The van der Waals surface area contributed by atoms with Crippen LogP contribution in [0.4, 0.5) is 0 Å². The number of aliphatic imine (C=N–C) groups is 1. The summed E-state index contributed by atoms with van der Waals surface area (Å²) in [5.41, 5.74) is 0. The zero-order valence-electron chi connectivity index (χ0n) is 11.0. The van der Waals surface area contributed by atoms with Crippen molar-refractivity contribution in [3.05, 3.63) is 20.8 Å². The van der Waals surface area contributed by atoms with Crippen molar-refractivity contribution in [2.45, 2.75) is 39.8 Å². The first-order valence-corrected chi connectivity index (χ1v) is 7.60. The molecule has 2 N–H and O–H groups in total. The van der Waals surface area contributed by atoms with Gasteiger partial charge < -0.3 is 10.6 Å². The Hall–Kier alpha value is 0.180. The van der Waals surface area contributed by atoms with E-state index in [-0.39, 0.29) is 24.0 Å². The summed E-state index contributed by atoms with van der Waals surface area (Å²) in [6.07, 6.45) is 1.09. The van der Waals surface area contributed by atoms with Gasteiger partial charge in [0, 0.05) is 27.3 Å². The SMILES string of the molecule is CCNC(=NCc1cc(Br)cs1)NC(C)CC.I. The molecule has 1 atom stereocenters. The van der Waals surface area contributed by atoms with E-state index >= 15 is 0 Å². The highest BCUT2D eigenvalue weighted by molar-refractivity contribution is 14.0. The number of rotatable bonds is 5. The highest BCUT2D eigenvalue weighted by Gasteiger charge is 2.03. The third-order valence-corrected chi connectivity index (χ3v) is 4.04. The van der Waals surface area contributed by atoms with Gasteiger partial charge in [-0.25, -0.2) is 4.99 Å². The first kappa shape index (κ1) is 18.2. The summed E-state index contributed by atoms with van der Waals surface area (Å²) in [6, 6.07) is 2.56. The molecule has 0 bridgehead atoms. The molecule has 1 aromatic heterocycles. The van der Waals surface area contributed by atoms with Gasteiger partial charge in [0.2, 0.25) is 0 Å². The van der Waals surface area contributed by atoms with Crippen LogP contribution in [0, 0.1) is 0 Å². The highest BCUT2D eigenvalue weighted by Crippen LogP contribution is 2.20. The zero-order valence-corrected chi connectivity index (χ0v) is 15.7. The van der Waals surface area contributed by atoms with Crippen molar-refractivity contribution in [1.82, 2.24) is 10.6 Å². The van der Waals surface area contributed by atoms with Crippen LogP contribution >= 0.6 is 51.2 Å². The Labute approximate surface area is 139 Å². The maximum Gasteiger partial charge on any atom is 0.191 e. The van der Waals surface area contributed by atoms with Gasteiger partial charge in [-0.2, -0.15) is 0 Å². The maximum absolute atomic E-state index is 4.57. The predicted molar refractivity (Wildman–Crippen MR) is 95.1 cm³/mol. The molecule has 1 aromatic rings. The van der Waals surface area contributed by atoms with E-state index in [2.05, 4.69) is 63.8 Å². The van der Waals surface area contributed by atoms with Gasteiger partial charge in [-0.15, -0.1) is 35.3 Å². The first-order valence-electron chi connectivity index (χ1n) is 5.93. The maximum atomic E-state index is 4.57. The number of thiophene rings is 1. The second-order valence-corrected chi connectivity index (χ2v) is 5.79. The fourth-order valence-corrected chi connectivity index (χ4v) is 2.62. The van der Waals surface area contributed by atoms with Crippen LogP contribution in [0.2, 0.25) is 0 Å². The fraction of sp³-hybridized carbons (Fsp3) is 0.583. The zero-order chi connectivity index (χ0) is 12.7. The van der Waals surface area contributed by atoms with Crippen LogP contribution in [0.25, 0.3) is 0 Å². The smallest absolute Gasteiger partial charge is 0.191 e. The average molecular weight is 446 g/mol. The van der Waals surface area contributed by atoms with E-state index in [1.807, 2.05) is 0 Å². The molecule has 0 amide bonds. The Balaban J connectivity index is 0.00000289. The van der Waals surface area contributed by atoms with Crippen molar-refractivity contribution in [2.75, 3.05) is 6.54 Å².